The van der Waals surface area contributed by atoms with Crippen LogP contribution in [0, 0.1) is 11.2 Å². The summed E-state index contributed by atoms with van der Waals surface area (Å²) in [5.74, 6) is -3.11. The molecule has 1 saturated carbocycles. The number of aromatic nitrogens is 1. The van der Waals surface area contributed by atoms with Crippen molar-refractivity contribution < 1.29 is 27.2 Å². The molecule has 2 amide bonds. The van der Waals surface area contributed by atoms with Gasteiger partial charge in [0.1, 0.15) is 17.2 Å². The number of furan rings is 1. The first-order valence-corrected chi connectivity index (χ1v) is 12.9. The van der Waals surface area contributed by atoms with Gasteiger partial charge in [-0.1, -0.05) is 12.1 Å². The van der Waals surface area contributed by atoms with Crippen LogP contribution in [-0.2, 0) is 11.2 Å². The fourth-order valence-electron chi connectivity index (χ4n) is 5.19. The Balaban J connectivity index is 1.34. The second-order valence-corrected chi connectivity index (χ2v) is 10.6. The summed E-state index contributed by atoms with van der Waals surface area (Å²) >= 11 is 0. The molecule has 3 heterocycles. The Morgan fingerprint density at radius 2 is 1.67 bits per heavy atom. The fourth-order valence-corrected chi connectivity index (χ4v) is 5.19. The van der Waals surface area contributed by atoms with Gasteiger partial charge in [-0.05, 0) is 60.9 Å². The van der Waals surface area contributed by atoms with Crippen LogP contribution < -0.4 is 5.73 Å². The smallest absolute Gasteiger partial charge is 0.255 e. The van der Waals surface area contributed by atoms with Gasteiger partial charge in [0.15, 0.2) is 0 Å². The number of likely N-dealkylation sites (tertiary alicyclic amines) is 1. The number of hydrogen-bond donors (Lipinski definition) is 1. The van der Waals surface area contributed by atoms with Crippen LogP contribution in [0.5, 0.6) is 0 Å². The summed E-state index contributed by atoms with van der Waals surface area (Å²) in [7, 11) is 0. The van der Waals surface area contributed by atoms with Crippen LogP contribution in [0.3, 0.4) is 0 Å². The lowest BCUT2D eigenvalue weighted by molar-refractivity contribution is -0.123. The number of carbonyl (C=O) groups excluding carboxylic acids is 2. The zero-order valence-electron chi connectivity index (χ0n) is 21.1. The van der Waals surface area contributed by atoms with Crippen molar-refractivity contribution in [3.05, 3.63) is 77.9 Å². The SMILES string of the molecule is NC(=O)C1(Cc2cc3cc(-c4ccc(C(=O)N5CCC(F)(F)CC5)cn4)cc(-c4ccc(F)cc4)c3o2)CC1. The molecular weight excluding hydrogens is 507 g/mol. The maximum atomic E-state index is 13.7. The largest absolute Gasteiger partial charge is 0.460 e. The molecule has 1 aliphatic carbocycles. The fraction of sp³-hybridized carbons (Fsp3) is 0.300. The first-order chi connectivity index (χ1) is 18.6. The minimum atomic E-state index is -2.73. The van der Waals surface area contributed by atoms with Gasteiger partial charge in [-0.2, -0.15) is 0 Å². The highest BCUT2D eigenvalue weighted by atomic mass is 19.3. The number of carbonyl (C=O) groups is 2. The second kappa shape index (κ2) is 9.25. The zero-order chi connectivity index (χ0) is 27.4. The van der Waals surface area contributed by atoms with Crippen LogP contribution in [0.2, 0.25) is 0 Å². The highest BCUT2D eigenvalue weighted by molar-refractivity contribution is 5.97. The summed E-state index contributed by atoms with van der Waals surface area (Å²) in [4.78, 5) is 30.7. The van der Waals surface area contributed by atoms with E-state index in [9.17, 15) is 22.8 Å². The standard InChI is InChI=1S/C30H26F3N3O3/c31-22-4-1-18(2-5-22)24-15-20(13-21-14-23(39-26(21)24)16-29(7-8-29)28(34)38)25-6-3-19(17-35-25)27(37)36-11-9-30(32,33)10-12-36/h1-6,13-15,17H,7-12,16H2,(H2,34,38). The molecular formula is C30H26F3N3O3. The third kappa shape index (κ3) is 4.89. The third-order valence-electron chi connectivity index (χ3n) is 7.80. The van der Waals surface area contributed by atoms with Gasteiger partial charge in [0, 0.05) is 55.1 Å². The quantitative estimate of drug-likeness (QED) is 0.330. The van der Waals surface area contributed by atoms with E-state index in [-0.39, 0.29) is 43.6 Å². The molecule has 200 valence electrons. The van der Waals surface area contributed by atoms with E-state index in [4.69, 9.17) is 10.2 Å². The van der Waals surface area contributed by atoms with E-state index in [0.29, 0.717) is 29.0 Å². The van der Waals surface area contributed by atoms with Crippen LogP contribution in [0.4, 0.5) is 13.2 Å². The Bertz CT molecular complexity index is 1570. The molecule has 6 nitrogen and oxygen atoms in total. The molecule has 2 aliphatic rings. The van der Waals surface area contributed by atoms with E-state index in [1.54, 1.807) is 24.3 Å². The first kappa shape index (κ1) is 25.2. The van der Waals surface area contributed by atoms with Crippen molar-refractivity contribution >= 4 is 22.8 Å². The summed E-state index contributed by atoms with van der Waals surface area (Å²) in [5, 5.41) is 0.790. The number of hydrogen-bond acceptors (Lipinski definition) is 4. The number of nitrogens with two attached hydrogens (primary N) is 1. The van der Waals surface area contributed by atoms with E-state index in [1.165, 1.54) is 23.2 Å². The summed E-state index contributed by atoms with van der Waals surface area (Å²) < 4.78 is 46.9. The Morgan fingerprint density at radius 1 is 0.949 bits per heavy atom. The molecule has 1 saturated heterocycles. The number of rotatable bonds is 6. The number of amides is 2. The topological polar surface area (TPSA) is 89.4 Å². The molecule has 6 rings (SSSR count). The summed E-state index contributed by atoms with van der Waals surface area (Å²) in [5.41, 5.74) is 8.81. The van der Waals surface area contributed by atoms with Crippen molar-refractivity contribution in [2.24, 2.45) is 11.1 Å². The Hall–Kier alpha value is -4.14. The molecule has 4 aromatic rings. The molecule has 0 unspecified atom stereocenters. The molecule has 1 aliphatic heterocycles. The summed E-state index contributed by atoms with van der Waals surface area (Å²) in [6, 6.07) is 15.1. The van der Waals surface area contributed by atoms with E-state index in [0.717, 1.165) is 34.9 Å². The molecule has 39 heavy (non-hydrogen) atoms. The predicted octanol–water partition coefficient (Wildman–Crippen LogP) is 5.98. The Kier molecular flexibility index (Phi) is 5.97. The normalized spacial score (nSPS) is 17.8. The van der Waals surface area contributed by atoms with E-state index in [2.05, 4.69) is 4.98 Å². The minimum absolute atomic E-state index is 0.00510. The molecule has 2 fully saturated rings. The van der Waals surface area contributed by atoms with Crippen molar-refractivity contribution in [2.45, 2.75) is 38.0 Å². The molecule has 0 radical (unpaired) electrons. The van der Waals surface area contributed by atoms with Gasteiger partial charge in [-0.25, -0.2) is 13.2 Å². The van der Waals surface area contributed by atoms with Crippen LogP contribution in [-0.4, -0.2) is 40.7 Å². The molecule has 0 bridgehead atoms. The van der Waals surface area contributed by atoms with Crippen molar-refractivity contribution in [1.82, 2.24) is 9.88 Å². The van der Waals surface area contributed by atoms with Crippen molar-refractivity contribution in [3.63, 3.8) is 0 Å². The lowest BCUT2D eigenvalue weighted by atomic mass is 9.97. The second-order valence-electron chi connectivity index (χ2n) is 10.6. The monoisotopic (exact) mass is 533 g/mol. The van der Waals surface area contributed by atoms with Crippen molar-refractivity contribution in [1.29, 1.82) is 0 Å². The average molecular weight is 534 g/mol. The molecule has 2 aromatic heterocycles. The number of fused-ring (bicyclic) bond motifs is 1. The Morgan fingerprint density at radius 3 is 2.28 bits per heavy atom. The maximum Gasteiger partial charge on any atom is 0.255 e. The summed E-state index contributed by atoms with van der Waals surface area (Å²) in [6.07, 6.45) is 2.63. The molecule has 2 aromatic carbocycles. The molecule has 0 atom stereocenters. The number of primary amides is 1. The van der Waals surface area contributed by atoms with Gasteiger partial charge in [-0.3, -0.25) is 14.6 Å². The minimum Gasteiger partial charge on any atom is -0.460 e. The highest BCUT2D eigenvalue weighted by Gasteiger charge is 2.49. The zero-order valence-corrected chi connectivity index (χ0v) is 21.1. The maximum absolute atomic E-state index is 13.7. The van der Waals surface area contributed by atoms with Crippen LogP contribution in [0.25, 0.3) is 33.4 Å². The van der Waals surface area contributed by atoms with Gasteiger partial charge < -0.3 is 15.1 Å². The number of nitrogens with zero attached hydrogens (tertiary/aromatic N) is 2. The lowest BCUT2D eigenvalue weighted by Gasteiger charge is -2.31. The molecule has 2 N–H and O–H groups in total. The van der Waals surface area contributed by atoms with Crippen LogP contribution >= 0.6 is 0 Å². The van der Waals surface area contributed by atoms with Gasteiger partial charge in [0.2, 0.25) is 5.91 Å². The first-order valence-electron chi connectivity index (χ1n) is 12.9. The lowest BCUT2D eigenvalue weighted by Crippen LogP contribution is -2.42. The van der Waals surface area contributed by atoms with Crippen molar-refractivity contribution in [3.8, 4) is 22.4 Å². The molecule has 0 spiro atoms. The Labute approximate surface area is 222 Å². The number of benzene rings is 2. The number of halogens is 3. The van der Waals surface area contributed by atoms with E-state index >= 15 is 0 Å². The predicted molar refractivity (Wildman–Crippen MR) is 139 cm³/mol. The third-order valence-corrected chi connectivity index (χ3v) is 7.80. The summed E-state index contributed by atoms with van der Waals surface area (Å²) in [6.45, 7) is 0.0102. The average Bonchev–Trinajstić information content (AvgIpc) is 3.59. The van der Waals surface area contributed by atoms with E-state index in [1.807, 2.05) is 18.2 Å². The van der Waals surface area contributed by atoms with Gasteiger partial charge >= 0.3 is 0 Å². The van der Waals surface area contributed by atoms with Gasteiger partial charge in [0.05, 0.1) is 16.7 Å². The number of alkyl halides is 2. The van der Waals surface area contributed by atoms with Gasteiger partial charge in [0.25, 0.3) is 11.8 Å². The van der Waals surface area contributed by atoms with Crippen LogP contribution in [0.1, 0.15) is 41.8 Å². The van der Waals surface area contributed by atoms with E-state index < -0.39 is 11.3 Å². The van der Waals surface area contributed by atoms with Gasteiger partial charge in [-0.15, -0.1) is 0 Å². The van der Waals surface area contributed by atoms with Crippen LogP contribution in [0.15, 0.2) is 65.2 Å². The number of pyridine rings is 1. The number of piperidine rings is 1. The highest BCUT2D eigenvalue weighted by Crippen LogP contribution is 2.49. The molecule has 9 heteroatoms. The van der Waals surface area contributed by atoms with Crippen molar-refractivity contribution in [2.75, 3.05) is 13.1 Å².